The summed E-state index contributed by atoms with van der Waals surface area (Å²) in [6.45, 7) is 2.80. The SMILES string of the molecule is O=C1C[C@@H](c2ccccc2)NCCCN(C(=O)C=Cc2ccccc2)CCCCN1. The number of hydrogen-bond acceptors (Lipinski definition) is 3. The summed E-state index contributed by atoms with van der Waals surface area (Å²) < 4.78 is 0. The highest BCUT2D eigenvalue weighted by atomic mass is 16.2. The Morgan fingerprint density at radius 1 is 0.900 bits per heavy atom. The van der Waals surface area contributed by atoms with Gasteiger partial charge in [-0.25, -0.2) is 0 Å². The van der Waals surface area contributed by atoms with Crippen LogP contribution in [-0.4, -0.2) is 42.9 Å². The molecular weight excluding hydrogens is 374 g/mol. The molecule has 1 atom stereocenters. The first-order valence-corrected chi connectivity index (χ1v) is 10.8. The molecule has 2 aromatic rings. The van der Waals surface area contributed by atoms with Crippen molar-refractivity contribution in [3.8, 4) is 0 Å². The molecule has 2 aromatic carbocycles. The second-order valence-electron chi connectivity index (χ2n) is 7.60. The van der Waals surface area contributed by atoms with Crippen LogP contribution in [0.2, 0.25) is 0 Å². The van der Waals surface area contributed by atoms with Gasteiger partial charge in [0.2, 0.25) is 11.8 Å². The highest BCUT2D eigenvalue weighted by Gasteiger charge is 2.17. The quantitative estimate of drug-likeness (QED) is 0.768. The average Bonchev–Trinajstić information content (AvgIpc) is 2.80. The smallest absolute Gasteiger partial charge is 0.246 e. The maximum absolute atomic E-state index is 12.7. The van der Waals surface area contributed by atoms with Crippen LogP contribution in [0.1, 0.15) is 42.9 Å². The molecule has 5 nitrogen and oxygen atoms in total. The zero-order chi connectivity index (χ0) is 21.0. The molecule has 0 unspecified atom stereocenters. The minimum absolute atomic E-state index is 0.0194. The van der Waals surface area contributed by atoms with Gasteiger partial charge in [-0.2, -0.15) is 0 Å². The van der Waals surface area contributed by atoms with Crippen LogP contribution in [0.3, 0.4) is 0 Å². The van der Waals surface area contributed by atoms with Crippen molar-refractivity contribution >= 4 is 17.9 Å². The van der Waals surface area contributed by atoms with E-state index in [-0.39, 0.29) is 17.9 Å². The number of nitrogens with one attached hydrogen (secondary N) is 2. The molecule has 0 saturated carbocycles. The highest BCUT2D eigenvalue weighted by molar-refractivity contribution is 5.91. The molecule has 158 valence electrons. The van der Waals surface area contributed by atoms with E-state index >= 15 is 0 Å². The van der Waals surface area contributed by atoms with Gasteiger partial charge in [-0.3, -0.25) is 9.59 Å². The van der Waals surface area contributed by atoms with E-state index in [1.54, 1.807) is 6.08 Å². The summed E-state index contributed by atoms with van der Waals surface area (Å²) in [6.07, 6.45) is 6.53. The second-order valence-corrected chi connectivity index (χ2v) is 7.60. The van der Waals surface area contributed by atoms with E-state index in [0.29, 0.717) is 26.1 Å². The van der Waals surface area contributed by atoms with E-state index in [0.717, 1.165) is 36.9 Å². The Morgan fingerprint density at radius 3 is 2.37 bits per heavy atom. The highest BCUT2D eigenvalue weighted by Crippen LogP contribution is 2.17. The van der Waals surface area contributed by atoms with Gasteiger partial charge in [-0.1, -0.05) is 60.7 Å². The van der Waals surface area contributed by atoms with Crippen molar-refractivity contribution in [2.45, 2.75) is 31.7 Å². The van der Waals surface area contributed by atoms with Gasteiger partial charge >= 0.3 is 0 Å². The molecule has 1 aliphatic rings. The first-order chi connectivity index (χ1) is 14.7. The molecule has 1 aliphatic heterocycles. The summed E-state index contributed by atoms with van der Waals surface area (Å²) in [6, 6.07) is 19.9. The van der Waals surface area contributed by atoms with Crippen molar-refractivity contribution in [2.24, 2.45) is 0 Å². The zero-order valence-electron chi connectivity index (χ0n) is 17.4. The van der Waals surface area contributed by atoms with E-state index in [9.17, 15) is 9.59 Å². The zero-order valence-corrected chi connectivity index (χ0v) is 17.4. The third-order valence-electron chi connectivity index (χ3n) is 5.29. The van der Waals surface area contributed by atoms with Gasteiger partial charge in [-0.15, -0.1) is 0 Å². The van der Waals surface area contributed by atoms with Gasteiger partial charge in [0.05, 0.1) is 0 Å². The van der Waals surface area contributed by atoms with E-state index in [1.165, 1.54) is 0 Å². The van der Waals surface area contributed by atoms with Crippen molar-refractivity contribution in [1.29, 1.82) is 0 Å². The fourth-order valence-electron chi connectivity index (χ4n) is 3.62. The van der Waals surface area contributed by atoms with Crippen molar-refractivity contribution < 1.29 is 9.59 Å². The summed E-state index contributed by atoms with van der Waals surface area (Å²) in [4.78, 5) is 27.0. The number of amides is 2. The molecule has 3 rings (SSSR count). The number of carbonyl (C=O) groups is 2. The summed E-state index contributed by atoms with van der Waals surface area (Å²) in [5.74, 6) is 0.103. The summed E-state index contributed by atoms with van der Waals surface area (Å²) in [5, 5.41) is 6.52. The van der Waals surface area contributed by atoms with Gasteiger partial charge in [-0.05, 0) is 43.0 Å². The first-order valence-electron chi connectivity index (χ1n) is 10.8. The van der Waals surface area contributed by atoms with Crippen molar-refractivity contribution in [3.63, 3.8) is 0 Å². The normalized spacial score (nSPS) is 19.4. The minimum atomic E-state index is -0.0194. The number of carbonyl (C=O) groups excluding carboxylic acids is 2. The van der Waals surface area contributed by atoms with Gasteiger partial charge in [0.1, 0.15) is 0 Å². The molecule has 30 heavy (non-hydrogen) atoms. The Balaban J connectivity index is 1.61. The largest absolute Gasteiger partial charge is 0.356 e. The molecule has 2 amide bonds. The van der Waals surface area contributed by atoms with Crippen molar-refractivity contribution in [3.05, 3.63) is 77.9 Å². The van der Waals surface area contributed by atoms with Crippen LogP contribution in [0.15, 0.2) is 66.7 Å². The van der Waals surface area contributed by atoms with Gasteiger partial charge in [0, 0.05) is 38.2 Å². The predicted octanol–water partition coefficient (Wildman–Crippen LogP) is 3.55. The first kappa shape index (κ1) is 21.8. The molecule has 0 spiro atoms. The summed E-state index contributed by atoms with van der Waals surface area (Å²) in [5.41, 5.74) is 2.13. The molecule has 0 aromatic heterocycles. The Kier molecular flexibility index (Phi) is 8.66. The molecule has 1 heterocycles. The lowest BCUT2D eigenvalue weighted by atomic mass is 10.0. The van der Waals surface area contributed by atoms with Crippen LogP contribution in [0, 0.1) is 0 Å². The van der Waals surface area contributed by atoms with Gasteiger partial charge in [0.15, 0.2) is 0 Å². The van der Waals surface area contributed by atoms with Gasteiger partial charge < -0.3 is 15.5 Å². The monoisotopic (exact) mass is 405 g/mol. The van der Waals surface area contributed by atoms with Crippen molar-refractivity contribution in [1.82, 2.24) is 15.5 Å². The summed E-state index contributed by atoms with van der Waals surface area (Å²) >= 11 is 0. The average molecular weight is 406 g/mol. The molecule has 1 fully saturated rings. The lowest BCUT2D eigenvalue weighted by Gasteiger charge is -2.22. The molecule has 0 radical (unpaired) electrons. The molecule has 0 aliphatic carbocycles. The van der Waals surface area contributed by atoms with E-state index in [1.807, 2.05) is 71.6 Å². The lowest BCUT2D eigenvalue weighted by molar-refractivity contribution is -0.126. The molecule has 5 heteroatoms. The topological polar surface area (TPSA) is 61.4 Å². The van der Waals surface area contributed by atoms with E-state index in [4.69, 9.17) is 0 Å². The van der Waals surface area contributed by atoms with Crippen LogP contribution < -0.4 is 10.6 Å². The van der Waals surface area contributed by atoms with E-state index < -0.39 is 0 Å². The maximum atomic E-state index is 12.7. The third kappa shape index (κ3) is 7.16. The number of rotatable bonds is 3. The minimum Gasteiger partial charge on any atom is -0.356 e. The molecule has 0 bridgehead atoms. The van der Waals surface area contributed by atoms with Crippen LogP contribution in [0.4, 0.5) is 0 Å². The van der Waals surface area contributed by atoms with Gasteiger partial charge in [0.25, 0.3) is 0 Å². The Morgan fingerprint density at radius 2 is 1.60 bits per heavy atom. The third-order valence-corrected chi connectivity index (χ3v) is 5.29. The standard InChI is InChI=1S/C25H31N3O2/c29-24-20-23(22-12-5-2-6-13-22)26-17-9-19-28(18-8-7-16-27-24)25(30)15-14-21-10-3-1-4-11-21/h1-6,10-15,23,26H,7-9,16-20H2,(H,27,29)/t23-/m0/s1. The Labute approximate surface area is 179 Å². The van der Waals surface area contributed by atoms with Crippen LogP contribution in [0.25, 0.3) is 6.08 Å². The van der Waals surface area contributed by atoms with Crippen LogP contribution >= 0.6 is 0 Å². The fourth-order valence-corrected chi connectivity index (χ4v) is 3.62. The fraction of sp³-hybridized carbons (Fsp3) is 0.360. The number of benzene rings is 2. The van der Waals surface area contributed by atoms with Crippen LogP contribution in [0.5, 0.6) is 0 Å². The number of nitrogens with zero attached hydrogens (tertiary/aromatic N) is 1. The Bertz CT molecular complexity index is 821. The second kappa shape index (κ2) is 11.9. The maximum Gasteiger partial charge on any atom is 0.246 e. The number of hydrogen-bond donors (Lipinski definition) is 2. The predicted molar refractivity (Wildman–Crippen MR) is 121 cm³/mol. The van der Waals surface area contributed by atoms with Crippen molar-refractivity contribution in [2.75, 3.05) is 26.2 Å². The summed E-state index contributed by atoms with van der Waals surface area (Å²) in [7, 11) is 0. The molecular formula is C25H31N3O2. The molecule has 2 N–H and O–H groups in total. The Hall–Kier alpha value is -2.92. The van der Waals surface area contributed by atoms with Crippen LogP contribution in [-0.2, 0) is 9.59 Å². The van der Waals surface area contributed by atoms with E-state index in [2.05, 4.69) is 10.6 Å². The lowest BCUT2D eigenvalue weighted by Crippen LogP contribution is -2.34. The molecule has 1 saturated heterocycles.